The number of alkyl halides is 3. The molecule has 2 aromatic rings. The topological polar surface area (TPSA) is 68.3 Å². The van der Waals surface area contributed by atoms with Gasteiger partial charge in [-0.15, -0.1) is 0 Å². The molecule has 0 aliphatic carbocycles. The molecule has 0 spiro atoms. The minimum atomic E-state index is -4.41. The molecule has 2 aromatic carbocycles. The van der Waals surface area contributed by atoms with Gasteiger partial charge in [0.05, 0.1) is 18.2 Å². The molecule has 0 aliphatic rings. The van der Waals surface area contributed by atoms with Gasteiger partial charge in [-0.2, -0.15) is 18.4 Å². The molecule has 2 rings (SSSR count). The summed E-state index contributed by atoms with van der Waals surface area (Å²) in [4.78, 5) is -0.0265. The number of nitrogens with zero attached hydrogens (tertiary/aromatic N) is 1. The third kappa shape index (κ3) is 5.46. The van der Waals surface area contributed by atoms with Crippen molar-refractivity contribution in [2.75, 3.05) is 7.11 Å². The van der Waals surface area contributed by atoms with Crippen LogP contribution in [0.5, 0.6) is 11.5 Å². The number of methoxy groups -OCH3 is 1. The van der Waals surface area contributed by atoms with Crippen LogP contribution >= 0.6 is 12.2 Å². The molecule has 0 aromatic heterocycles. The Labute approximate surface area is 159 Å². The van der Waals surface area contributed by atoms with E-state index in [4.69, 9.17) is 32.7 Å². The van der Waals surface area contributed by atoms with E-state index in [9.17, 15) is 13.2 Å². The molecule has 0 unspecified atom stereocenters. The first-order valence-corrected chi connectivity index (χ1v) is 8.04. The molecule has 4 nitrogen and oxygen atoms in total. The van der Waals surface area contributed by atoms with Gasteiger partial charge >= 0.3 is 6.18 Å². The van der Waals surface area contributed by atoms with E-state index in [2.05, 4.69) is 0 Å². The van der Waals surface area contributed by atoms with E-state index in [1.165, 1.54) is 19.3 Å². The Morgan fingerprint density at radius 3 is 2.56 bits per heavy atom. The zero-order valence-electron chi connectivity index (χ0n) is 14.2. The summed E-state index contributed by atoms with van der Waals surface area (Å²) in [6.07, 6.45) is -2.91. The van der Waals surface area contributed by atoms with Crippen LogP contribution in [0.2, 0.25) is 0 Å². The Bertz CT molecular complexity index is 918. The number of nitriles is 1. The summed E-state index contributed by atoms with van der Waals surface area (Å²) in [5.74, 6) is 0.705. The Morgan fingerprint density at radius 1 is 1.22 bits per heavy atom. The lowest BCUT2D eigenvalue weighted by molar-refractivity contribution is -0.137. The number of halogens is 3. The van der Waals surface area contributed by atoms with Crippen molar-refractivity contribution in [3.05, 3.63) is 64.7 Å². The van der Waals surface area contributed by atoms with E-state index in [-0.39, 0.29) is 17.2 Å². The molecule has 0 amide bonds. The van der Waals surface area contributed by atoms with Crippen molar-refractivity contribution >= 4 is 23.3 Å². The van der Waals surface area contributed by atoms with E-state index < -0.39 is 11.7 Å². The Hall–Kier alpha value is -3.05. The summed E-state index contributed by atoms with van der Waals surface area (Å²) in [6.45, 7) is -0.0637. The maximum absolute atomic E-state index is 12.8. The highest BCUT2D eigenvalue weighted by Gasteiger charge is 2.30. The number of ether oxygens (including phenoxy) is 2. The van der Waals surface area contributed by atoms with Crippen LogP contribution in [0.3, 0.4) is 0 Å². The summed E-state index contributed by atoms with van der Waals surface area (Å²) in [5.41, 5.74) is 5.85. The number of hydrogen-bond donors (Lipinski definition) is 1. The Kier molecular flexibility index (Phi) is 6.42. The predicted octanol–water partition coefficient (Wildman–Crippen LogP) is 4.49. The van der Waals surface area contributed by atoms with Crippen LogP contribution in [-0.4, -0.2) is 12.1 Å². The number of nitrogens with two attached hydrogens (primary N) is 1. The second kappa shape index (κ2) is 8.56. The number of hydrogen-bond acceptors (Lipinski definition) is 4. The zero-order chi connectivity index (χ0) is 20.0. The average Bonchev–Trinajstić information content (AvgIpc) is 2.64. The van der Waals surface area contributed by atoms with E-state index in [1.54, 1.807) is 24.3 Å². The molecule has 2 N–H and O–H groups in total. The molecule has 0 bridgehead atoms. The molecule has 0 atom stereocenters. The van der Waals surface area contributed by atoms with Crippen LogP contribution in [-0.2, 0) is 12.8 Å². The molecule has 0 radical (unpaired) electrons. The van der Waals surface area contributed by atoms with Crippen molar-refractivity contribution in [3.8, 4) is 17.6 Å². The van der Waals surface area contributed by atoms with E-state index in [0.717, 1.165) is 12.1 Å². The van der Waals surface area contributed by atoms with Gasteiger partial charge in [-0.05, 0) is 41.5 Å². The molecule has 27 heavy (non-hydrogen) atoms. The fraction of sp³-hybridized carbons (Fsp3) is 0.158. The van der Waals surface area contributed by atoms with Crippen molar-refractivity contribution in [3.63, 3.8) is 0 Å². The molecular formula is C19H15F3N2O2S. The zero-order valence-corrected chi connectivity index (χ0v) is 15.0. The molecule has 0 saturated heterocycles. The highest BCUT2D eigenvalue weighted by Crippen LogP contribution is 2.32. The lowest BCUT2D eigenvalue weighted by atomic mass is 10.1. The van der Waals surface area contributed by atoms with E-state index in [0.29, 0.717) is 22.6 Å². The molecule has 0 saturated carbocycles. The molecular weight excluding hydrogens is 377 g/mol. The summed E-state index contributed by atoms with van der Waals surface area (Å²) in [5, 5.41) is 9.01. The van der Waals surface area contributed by atoms with Crippen LogP contribution in [0.4, 0.5) is 13.2 Å². The molecule has 0 fully saturated rings. The van der Waals surface area contributed by atoms with Gasteiger partial charge in [0.2, 0.25) is 0 Å². The van der Waals surface area contributed by atoms with Crippen molar-refractivity contribution in [2.24, 2.45) is 5.73 Å². The van der Waals surface area contributed by atoms with Gasteiger partial charge in [-0.3, -0.25) is 0 Å². The smallest absolute Gasteiger partial charge is 0.416 e. The maximum Gasteiger partial charge on any atom is 0.416 e. The highest BCUT2D eigenvalue weighted by molar-refractivity contribution is 7.80. The Morgan fingerprint density at radius 2 is 1.96 bits per heavy atom. The molecule has 0 aliphatic heterocycles. The molecule has 140 valence electrons. The highest BCUT2D eigenvalue weighted by atomic mass is 32.1. The number of rotatable bonds is 6. The first-order valence-electron chi connectivity index (χ1n) is 7.63. The monoisotopic (exact) mass is 392 g/mol. The minimum Gasteiger partial charge on any atom is -0.493 e. The third-order valence-electron chi connectivity index (χ3n) is 3.53. The van der Waals surface area contributed by atoms with Crippen molar-refractivity contribution < 1.29 is 22.6 Å². The largest absolute Gasteiger partial charge is 0.493 e. The summed E-state index contributed by atoms with van der Waals surface area (Å²) < 4.78 is 49.2. The van der Waals surface area contributed by atoms with Crippen LogP contribution in [0, 0.1) is 11.3 Å². The number of benzene rings is 2. The summed E-state index contributed by atoms with van der Waals surface area (Å²) >= 11 is 4.79. The van der Waals surface area contributed by atoms with Crippen LogP contribution in [0.15, 0.2) is 48.0 Å². The van der Waals surface area contributed by atoms with Gasteiger partial charge in [0.25, 0.3) is 0 Å². The summed E-state index contributed by atoms with van der Waals surface area (Å²) in [6, 6.07) is 11.6. The van der Waals surface area contributed by atoms with Gasteiger partial charge in [-0.25, -0.2) is 0 Å². The van der Waals surface area contributed by atoms with Crippen molar-refractivity contribution in [1.82, 2.24) is 0 Å². The van der Waals surface area contributed by atoms with E-state index >= 15 is 0 Å². The molecule has 0 heterocycles. The first-order chi connectivity index (χ1) is 12.7. The maximum atomic E-state index is 12.8. The van der Waals surface area contributed by atoms with Crippen LogP contribution in [0.1, 0.15) is 16.7 Å². The second-order valence-corrected chi connectivity index (χ2v) is 5.87. The molecule has 8 heteroatoms. The first kappa shape index (κ1) is 20.3. The SMILES string of the molecule is COc1cc(/C=C(/C#N)C(N)=S)ccc1OCc1cccc(C(F)(F)F)c1. The Balaban J connectivity index is 2.21. The lowest BCUT2D eigenvalue weighted by Crippen LogP contribution is -2.09. The fourth-order valence-electron chi connectivity index (χ4n) is 2.22. The van der Waals surface area contributed by atoms with E-state index in [1.807, 2.05) is 6.07 Å². The van der Waals surface area contributed by atoms with Crippen molar-refractivity contribution in [1.29, 1.82) is 5.26 Å². The lowest BCUT2D eigenvalue weighted by Gasteiger charge is -2.13. The predicted molar refractivity (Wildman–Crippen MR) is 99.1 cm³/mol. The van der Waals surface area contributed by atoms with Crippen molar-refractivity contribution in [2.45, 2.75) is 12.8 Å². The standard InChI is InChI=1S/C19H15F3N2O2S/c1-25-17-9-12(7-14(10-23)18(24)27)5-6-16(17)26-11-13-3-2-4-15(8-13)19(20,21)22/h2-9H,11H2,1H3,(H2,24,27)/b14-7-. The quantitative estimate of drug-likeness (QED) is 0.446. The summed E-state index contributed by atoms with van der Waals surface area (Å²) in [7, 11) is 1.43. The minimum absolute atomic E-state index is 0.0265. The van der Waals surface area contributed by atoms with Gasteiger partial charge in [0.15, 0.2) is 11.5 Å². The van der Waals surface area contributed by atoms with Gasteiger partial charge < -0.3 is 15.2 Å². The van der Waals surface area contributed by atoms with Crippen LogP contribution < -0.4 is 15.2 Å². The van der Waals surface area contributed by atoms with Gasteiger partial charge in [0.1, 0.15) is 17.7 Å². The van der Waals surface area contributed by atoms with Gasteiger partial charge in [0, 0.05) is 0 Å². The van der Waals surface area contributed by atoms with Crippen LogP contribution in [0.25, 0.3) is 6.08 Å². The average molecular weight is 392 g/mol. The fourth-order valence-corrected chi connectivity index (χ4v) is 2.32. The third-order valence-corrected chi connectivity index (χ3v) is 3.75. The number of thiocarbonyl (C=S) groups is 1. The second-order valence-electron chi connectivity index (χ2n) is 5.43. The van der Waals surface area contributed by atoms with Gasteiger partial charge in [-0.1, -0.05) is 30.4 Å². The normalized spacial score (nSPS) is 11.6.